The number of hydrogen-bond donors (Lipinski definition) is 0. The Hall–Kier alpha value is -4.26. The van der Waals surface area contributed by atoms with E-state index in [0.717, 1.165) is 22.0 Å². The Morgan fingerprint density at radius 2 is 1.53 bits per heavy atom. The maximum absolute atomic E-state index is 12.6. The summed E-state index contributed by atoms with van der Waals surface area (Å²) < 4.78 is 27.6. The van der Waals surface area contributed by atoms with E-state index in [1.54, 1.807) is 26.5 Å². The van der Waals surface area contributed by atoms with Gasteiger partial charge in [-0.05, 0) is 47.5 Å². The molecule has 5 rings (SSSR count). The first-order chi connectivity index (χ1) is 16.6. The number of fused-ring (bicyclic) bond motifs is 2. The Kier molecular flexibility index (Phi) is 5.91. The molecule has 0 fully saturated rings. The maximum atomic E-state index is 12.6. The summed E-state index contributed by atoms with van der Waals surface area (Å²) in [6.07, 6.45) is 2.36. The lowest BCUT2D eigenvalue weighted by molar-refractivity contribution is -0.117. The quantitative estimate of drug-likeness (QED) is 0.363. The van der Waals surface area contributed by atoms with Crippen molar-refractivity contribution in [3.63, 3.8) is 0 Å². The van der Waals surface area contributed by atoms with Crippen LogP contribution in [0.2, 0.25) is 0 Å². The predicted octanol–water partition coefficient (Wildman–Crippen LogP) is 5.13. The molecule has 1 aliphatic heterocycles. The Morgan fingerprint density at radius 1 is 0.824 bits per heavy atom. The van der Waals surface area contributed by atoms with Crippen molar-refractivity contribution in [1.82, 2.24) is 4.98 Å². The molecule has 7 heteroatoms. The Labute approximate surface area is 196 Å². The zero-order valence-electron chi connectivity index (χ0n) is 18.9. The number of aromatic nitrogens is 1. The molecule has 172 valence electrons. The van der Waals surface area contributed by atoms with Gasteiger partial charge in [-0.2, -0.15) is 0 Å². The molecule has 0 atom stereocenters. The highest BCUT2D eigenvalue weighted by atomic mass is 16.7. The van der Waals surface area contributed by atoms with Gasteiger partial charge < -0.3 is 23.7 Å². The average molecular weight is 457 g/mol. The summed E-state index contributed by atoms with van der Waals surface area (Å²) in [5.41, 5.74) is 2.57. The molecule has 0 aliphatic carbocycles. The molecule has 1 aromatic heterocycles. The molecular formula is C27H23NO6. The highest BCUT2D eigenvalue weighted by Crippen LogP contribution is 2.37. The molecular weight excluding hydrogens is 434 g/mol. The summed E-state index contributed by atoms with van der Waals surface area (Å²) >= 11 is 0. The molecule has 0 bridgehead atoms. The molecule has 4 aromatic rings. The molecule has 3 aromatic carbocycles. The van der Waals surface area contributed by atoms with E-state index in [1.165, 1.54) is 0 Å². The van der Waals surface area contributed by atoms with E-state index in [-0.39, 0.29) is 12.6 Å². The van der Waals surface area contributed by atoms with Crippen LogP contribution < -0.4 is 23.7 Å². The third-order valence-corrected chi connectivity index (χ3v) is 5.60. The van der Waals surface area contributed by atoms with E-state index >= 15 is 0 Å². The van der Waals surface area contributed by atoms with E-state index in [9.17, 15) is 4.79 Å². The molecule has 7 nitrogen and oxygen atoms in total. The maximum Gasteiger partial charge on any atom is 0.231 e. The van der Waals surface area contributed by atoms with Crippen LogP contribution in [0.25, 0.3) is 10.9 Å². The number of nitrogens with zero attached hydrogens (tertiary/aromatic N) is 1. The molecule has 0 saturated heterocycles. The van der Waals surface area contributed by atoms with Crippen LogP contribution in [0, 0.1) is 0 Å². The van der Waals surface area contributed by atoms with Gasteiger partial charge in [0.25, 0.3) is 0 Å². The van der Waals surface area contributed by atoms with Crippen LogP contribution in [0.1, 0.15) is 11.1 Å². The van der Waals surface area contributed by atoms with Gasteiger partial charge in [0.15, 0.2) is 23.0 Å². The molecule has 34 heavy (non-hydrogen) atoms. The minimum Gasteiger partial charge on any atom is -0.493 e. The SMILES string of the molecule is COc1cc2nccc(Oc3ccc(CC(=O)Cc4ccc5c(c4)OCO5)cc3)c2cc1OC. The number of rotatable bonds is 8. The standard InChI is InChI=1S/C27H23NO6/c1-30-25-14-21-22(15-26(25)31-2)28-10-9-23(21)34-20-6-3-17(4-7-20)11-19(29)12-18-5-8-24-27(13-18)33-16-32-24/h3-10,13-15H,11-12,16H2,1-2H3. The van der Waals surface area contributed by atoms with Crippen molar-refractivity contribution in [3.05, 3.63) is 78.0 Å². The molecule has 0 spiro atoms. The van der Waals surface area contributed by atoms with Crippen LogP contribution in [-0.4, -0.2) is 31.8 Å². The van der Waals surface area contributed by atoms with Gasteiger partial charge in [0.1, 0.15) is 17.3 Å². The number of ketones is 1. The van der Waals surface area contributed by atoms with Crippen molar-refractivity contribution in [2.75, 3.05) is 21.0 Å². The number of carbonyl (C=O) groups is 1. The molecule has 0 unspecified atom stereocenters. The molecule has 0 N–H and O–H groups in total. The van der Waals surface area contributed by atoms with E-state index in [2.05, 4.69) is 4.98 Å². The second-order valence-electron chi connectivity index (χ2n) is 7.86. The van der Waals surface area contributed by atoms with Crippen LogP contribution in [0.15, 0.2) is 66.9 Å². The highest BCUT2D eigenvalue weighted by Gasteiger charge is 2.15. The normalized spacial score (nSPS) is 11.9. The Bertz CT molecular complexity index is 1350. The van der Waals surface area contributed by atoms with Gasteiger partial charge in [-0.15, -0.1) is 0 Å². The van der Waals surface area contributed by atoms with Gasteiger partial charge in [0.05, 0.1) is 19.7 Å². The summed E-state index contributed by atoms with van der Waals surface area (Å²) in [6, 6.07) is 18.6. The van der Waals surface area contributed by atoms with Crippen molar-refractivity contribution >= 4 is 16.7 Å². The Morgan fingerprint density at radius 3 is 2.32 bits per heavy atom. The van der Waals surface area contributed by atoms with E-state index < -0.39 is 0 Å². The number of pyridine rings is 1. The highest BCUT2D eigenvalue weighted by molar-refractivity contribution is 5.88. The smallest absolute Gasteiger partial charge is 0.231 e. The number of Topliss-reactive ketones (excluding diaryl/α,β-unsaturated/α-hetero) is 1. The van der Waals surface area contributed by atoms with Crippen LogP contribution in [0.4, 0.5) is 0 Å². The van der Waals surface area contributed by atoms with Gasteiger partial charge in [-0.25, -0.2) is 0 Å². The number of methoxy groups -OCH3 is 2. The van der Waals surface area contributed by atoms with Gasteiger partial charge in [-0.1, -0.05) is 18.2 Å². The third kappa shape index (κ3) is 4.45. The fourth-order valence-corrected chi connectivity index (χ4v) is 3.91. The minimum absolute atomic E-state index is 0.119. The van der Waals surface area contributed by atoms with Gasteiger partial charge in [-0.3, -0.25) is 9.78 Å². The van der Waals surface area contributed by atoms with E-state index in [1.807, 2.05) is 54.6 Å². The van der Waals surface area contributed by atoms with E-state index in [0.29, 0.717) is 47.3 Å². The van der Waals surface area contributed by atoms with Crippen molar-refractivity contribution in [2.45, 2.75) is 12.8 Å². The van der Waals surface area contributed by atoms with Crippen LogP contribution in [0.5, 0.6) is 34.5 Å². The summed E-state index contributed by atoms with van der Waals surface area (Å²) in [4.78, 5) is 17.0. The lowest BCUT2D eigenvalue weighted by Crippen LogP contribution is -2.06. The van der Waals surface area contributed by atoms with Crippen molar-refractivity contribution in [3.8, 4) is 34.5 Å². The summed E-state index contributed by atoms with van der Waals surface area (Å²) in [5.74, 6) is 4.04. The molecule has 2 heterocycles. The van der Waals surface area contributed by atoms with E-state index in [4.69, 9.17) is 23.7 Å². The first-order valence-electron chi connectivity index (χ1n) is 10.8. The lowest BCUT2D eigenvalue weighted by atomic mass is 10.0. The van der Waals surface area contributed by atoms with Gasteiger partial charge >= 0.3 is 0 Å². The van der Waals surface area contributed by atoms with Gasteiger partial charge in [0.2, 0.25) is 6.79 Å². The van der Waals surface area contributed by atoms with Crippen molar-refractivity contribution in [1.29, 1.82) is 0 Å². The van der Waals surface area contributed by atoms with Crippen molar-refractivity contribution < 1.29 is 28.5 Å². The van der Waals surface area contributed by atoms with Crippen LogP contribution in [-0.2, 0) is 17.6 Å². The summed E-state index contributed by atoms with van der Waals surface area (Å²) in [5, 5.41) is 0.808. The molecule has 0 amide bonds. The molecule has 0 saturated carbocycles. The lowest BCUT2D eigenvalue weighted by Gasteiger charge is -2.12. The first kappa shape index (κ1) is 21.6. The molecule has 0 radical (unpaired) electrons. The van der Waals surface area contributed by atoms with Gasteiger partial charge in [0, 0.05) is 30.5 Å². The molecule has 1 aliphatic rings. The average Bonchev–Trinajstić information content (AvgIpc) is 3.32. The second-order valence-corrected chi connectivity index (χ2v) is 7.86. The zero-order chi connectivity index (χ0) is 23.5. The third-order valence-electron chi connectivity index (χ3n) is 5.60. The first-order valence-corrected chi connectivity index (χ1v) is 10.8. The van der Waals surface area contributed by atoms with Crippen LogP contribution in [0.3, 0.4) is 0 Å². The number of carbonyl (C=O) groups excluding carboxylic acids is 1. The largest absolute Gasteiger partial charge is 0.493 e. The fraction of sp³-hybridized carbons (Fsp3) is 0.185. The topological polar surface area (TPSA) is 76.1 Å². The Balaban J connectivity index is 1.27. The summed E-state index contributed by atoms with van der Waals surface area (Å²) in [7, 11) is 3.18. The zero-order valence-corrected chi connectivity index (χ0v) is 18.9. The number of hydrogen-bond acceptors (Lipinski definition) is 7. The summed E-state index contributed by atoms with van der Waals surface area (Å²) in [6.45, 7) is 0.220. The second kappa shape index (κ2) is 9.31. The van der Waals surface area contributed by atoms with Crippen molar-refractivity contribution in [2.24, 2.45) is 0 Å². The predicted molar refractivity (Wildman–Crippen MR) is 126 cm³/mol. The minimum atomic E-state index is 0.119. The van der Waals surface area contributed by atoms with Crippen LogP contribution >= 0.6 is 0 Å². The monoisotopic (exact) mass is 457 g/mol. The number of ether oxygens (including phenoxy) is 5. The fourth-order valence-electron chi connectivity index (χ4n) is 3.91. The number of benzene rings is 3.